The molecule has 0 rings (SSSR count). The maximum absolute atomic E-state index is 7.09. The van der Waals surface area contributed by atoms with Crippen molar-refractivity contribution < 1.29 is 0 Å². The summed E-state index contributed by atoms with van der Waals surface area (Å²) in [5.74, 6) is 0.132. The average Bonchev–Trinajstić information content (AvgIpc) is 1.97. The fraction of sp³-hybridized carbons (Fsp3) is 0.250. The Morgan fingerprint density at radius 3 is 2.55 bits per heavy atom. The molecule has 7 heteroatoms. The summed E-state index contributed by atoms with van der Waals surface area (Å²) in [7, 11) is 0. The smallest absolute Gasteiger partial charge is 0.190 e. The summed E-state index contributed by atoms with van der Waals surface area (Å²) in [5, 5.41) is 16.4. The molecule has 0 aliphatic heterocycles. The zero-order valence-corrected chi connectivity index (χ0v) is 6.05. The second-order valence-corrected chi connectivity index (χ2v) is 1.57. The Labute approximate surface area is 63.6 Å². The number of nitrogens with zero attached hydrogens (tertiary/aromatic N) is 3. The second-order valence-electron chi connectivity index (χ2n) is 1.57. The molecule has 0 unspecified atom stereocenters. The summed E-state index contributed by atoms with van der Waals surface area (Å²) in [4.78, 5) is 0. The van der Waals surface area contributed by atoms with Crippen molar-refractivity contribution in [1.29, 1.82) is 10.9 Å². The van der Waals surface area contributed by atoms with Gasteiger partial charge in [-0.25, -0.2) is 5.53 Å². The molecule has 0 bridgehead atoms. The van der Waals surface area contributed by atoms with Crippen molar-refractivity contribution in [3.05, 3.63) is 0 Å². The van der Waals surface area contributed by atoms with Crippen molar-refractivity contribution in [2.75, 3.05) is 0 Å². The molecular formula is C4H9N7. The van der Waals surface area contributed by atoms with Crippen LogP contribution in [0.2, 0.25) is 0 Å². The number of rotatable bonds is 4. The minimum absolute atomic E-state index is 0.132. The molecule has 0 spiro atoms. The van der Waals surface area contributed by atoms with Gasteiger partial charge in [-0.1, -0.05) is 5.22 Å². The molecule has 0 radical (unpaired) electrons. The molecule has 0 aliphatic carbocycles. The second kappa shape index (κ2) is 5.03. The van der Waals surface area contributed by atoms with Gasteiger partial charge in [0.25, 0.3) is 0 Å². The molecule has 7 nitrogen and oxygen atoms in total. The first-order chi connectivity index (χ1) is 5.22. The lowest BCUT2D eigenvalue weighted by Gasteiger charge is -2.03. The lowest BCUT2D eigenvalue weighted by Crippen LogP contribution is -2.37. The number of hydrogen-bond donors (Lipinski definition) is 4. The van der Waals surface area contributed by atoms with E-state index in [1.165, 1.54) is 6.92 Å². The maximum Gasteiger partial charge on any atom is 0.190 e. The van der Waals surface area contributed by atoms with Crippen LogP contribution in [0, 0.1) is 10.9 Å². The van der Waals surface area contributed by atoms with Gasteiger partial charge < -0.3 is 5.41 Å². The average molecular weight is 155 g/mol. The van der Waals surface area contributed by atoms with E-state index in [0.717, 1.165) is 0 Å². The lowest BCUT2D eigenvalue weighted by atomic mass is 10.4. The number of amidine groups is 1. The van der Waals surface area contributed by atoms with Crippen LogP contribution in [0.4, 0.5) is 0 Å². The van der Waals surface area contributed by atoms with Gasteiger partial charge >= 0.3 is 0 Å². The molecule has 0 atom stereocenters. The Hall–Kier alpha value is -1.79. The fourth-order valence-corrected chi connectivity index (χ4v) is 0.336. The van der Waals surface area contributed by atoms with Gasteiger partial charge in [-0.05, 0) is 6.92 Å². The molecule has 0 heterocycles. The highest BCUT2D eigenvalue weighted by atomic mass is 15.6. The summed E-state index contributed by atoms with van der Waals surface area (Å²) in [6, 6.07) is 0. The van der Waals surface area contributed by atoms with Crippen molar-refractivity contribution in [3.63, 3.8) is 0 Å². The van der Waals surface area contributed by atoms with Crippen LogP contribution in [0.25, 0.3) is 0 Å². The van der Waals surface area contributed by atoms with E-state index in [4.69, 9.17) is 10.9 Å². The first-order valence-corrected chi connectivity index (χ1v) is 2.69. The van der Waals surface area contributed by atoms with E-state index in [-0.39, 0.29) is 11.5 Å². The molecule has 60 valence electrons. The summed E-state index contributed by atoms with van der Waals surface area (Å²) < 4.78 is 0. The van der Waals surface area contributed by atoms with Crippen LogP contribution in [-0.4, -0.2) is 18.3 Å². The van der Waals surface area contributed by atoms with Crippen molar-refractivity contribution in [2.24, 2.45) is 15.4 Å². The van der Waals surface area contributed by atoms with E-state index >= 15 is 0 Å². The highest BCUT2D eigenvalue weighted by Crippen LogP contribution is 1.77. The van der Waals surface area contributed by atoms with Crippen molar-refractivity contribution in [3.8, 4) is 0 Å². The zero-order valence-electron chi connectivity index (χ0n) is 6.05. The van der Waals surface area contributed by atoms with Crippen LogP contribution >= 0.6 is 0 Å². The van der Waals surface area contributed by atoms with Gasteiger partial charge in [0.1, 0.15) is 0 Å². The van der Waals surface area contributed by atoms with Crippen LogP contribution in [-0.2, 0) is 0 Å². The molecule has 0 fully saturated rings. The van der Waals surface area contributed by atoms with Gasteiger partial charge in [-0.3, -0.25) is 5.43 Å². The molecule has 0 aliphatic rings. The van der Waals surface area contributed by atoms with Gasteiger partial charge in [-0.15, -0.1) is 5.10 Å². The van der Waals surface area contributed by atoms with E-state index < -0.39 is 0 Å². The van der Waals surface area contributed by atoms with Crippen molar-refractivity contribution >= 4 is 18.3 Å². The third-order valence-electron chi connectivity index (χ3n) is 0.759. The van der Waals surface area contributed by atoms with E-state index in [0.29, 0.717) is 0 Å². The van der Waals surface area contributed by atoms with Gasteiger partial charge in [0.05, 0.1) is 5.71 Å². The SMILES string of the molecule is C=NNNC(=NN=N)C(C)=N. The maximum atomic E-state index is 7.09. The standard InChI is InChI=1S/C4H9N7/c1-3(5)4(8-10-6)9-11-7-2/h5,11H,2H2,1H3,(H2,6,8,9). The van der Waals surface area contributed by atoms with Crippen LogP contribution in [0.15, 0.2) is 15.4 Å². The van der Waals surface area contributed by atoms with Crippen molar-refractivity contribution in [1.82, 2.24) is 11.0 Å². The van der Waals surface area contributed by atoms with Gasteiger partial charge in [0.15, 0.2) is 5.84 Å². The molecule has 0 saturated carbocycles. The highest BCUT2D eigenvalue weighted by Gasteiger charge is 1.98. The largest absolute Gasteiger partial charge is 0.302 e. The van der Waals surface area contributed by atoms with Crippen molar-refractivity contribution in [2.45, 2.75) is 6.92 Å². The summed E-state index contributed by atoms with van der Waals surface area (Å²) in [6.07, 6.45) is 0. The lowest BCUT2D eigenvalue weighted by molar-refractivity contribution is 0.704. The fourth-order valence-electron chi connectivity index (χ4n) is 0.336. The molecular weight excluding hydrogens is 146 g/mol. The Balaban J connectivity index is 4.10. The first kappa shape index (κ1) is 9.21. The highest BCUT2D eigenvalue weighted by molar-refractivity contribution is 6.39. The number of hydrogen-bond acceptors (Lipinski definition) is 5. The van der Waals surface area contributed by atoms with E-state index in [2.05, 4.69) is 33.1 Å². The molecule has 0 amide bonds. The molecule has 0 saturated heterocycles. The van der Waals surface area contributed by atoms with Crippen LogP contribution < -0.4 is 11.0 Å². The predicted molar refractivity (Wildman–Crippen MR) is 41.8 cm³/mol. The van der Waals surface area contributed by atoms with Gasteiger partial charge in [0, 0.05) is 6.72 Å². The van der Waals surface area contributed by atoms with Gasteiger partial charge in [-0.2, -0.15) is 10.6 Å². The Kier molecular flexibility index (Phi) is 4.21. The van der Waals surface area contributed by atoms with E-state index in [1.54, 1.807) is 0 Å². The monoisotopic (exact) mass is 155 g/mol. The number of hydrazine groups is 1. The molecule has 0 aromatic heterocycles. The number of hydrazone groups is 1. The molecule has 4 N–H and O–H groups in total. The summed E-state index contributed by atoms with van der Waals surface area (Å²) >= 11 is 0. The van der Waals surface area contributed by atoms with E-state index in [9.17, 15) is 0 Å². The predicted octanol–water partition coefficient (Wildman–Crippen LogP) is 0.0803. The minimum Gasteiger partial charge on any atom is -0.302 e. The minimum atomic E-state index is 0.132. The summed E-state index contributed by atoms with van der Waals surface area (Å²) in [6.45, 7) is 4.63. The molecule has 0 aromatic rings. The number of nitrogens with one attached hydrogen (secondary N) is 4. The Morgan fingerprint density at radius 2 is 2.18 bits per heavy atom. The third-order valence-corrected chi connectivity index (χ3v) is 0.759. The molecule has 0 aromatic carbocycles. The quantitative estimate of drug-likeness (QED) is 0.199. The zero-order chi connectivity index (χ0) is 8.69. The Bertz CT molecular complexity index is 193. The topological polar surface area (TPSA) is 109 Å². The van der Waals surface area contributed by atoms with Crippen LogP contribution in [0.5, 0.6) is 0 Å². The summed E-state index contributed by atoms with van der Waals surface area (Å²) in [5.41, 5.74) is 11.2. The molecule has 11 heavy (non-hydrogen) atoms. The third kappa shape index (κ3) is 3.73. The van der Waals surface area contributed by atoms with Gasteiger partial charge in [0.2, 0.25) is 0 Å². The Morgan fingerprint density at radius 1 is 1.55 bits per heavy atom. The van der Waals surface area contributed by atoms with Crippen LogP contribution in [0.3, 0.4) is 0 Å². The first-order valence-electron chi connectivity index (χ1n) is 2.69. The van der Waals surface area contributed by atoms with Crippen LogP contribution in [0.1, 0.15) is 6.92 Å². The van der Waals surface area contributed by atoms with E-state index in [1.807, 2.05) is 0 Å². The normalized spacial score (nSPS) is 10.1.